The van der Waals surface area contributed by atoms with Gasteiger partial charge in [-0.3, -0.25) is 4.79 Å². The lowest BCUT2D eigenvalue weighted by atomic mass is 10.1. The van der Waals surface area contributed by atoms with Gasteiger partial charge in [0, 0.05) is 10.9 Å². The summed E-state index contributed by atoms with van der Waals surface area (Å²) in [5.74, 6) is -2.04. The maximum Gasteiger partial charge on any atom is 0.374 e. The molecule has 1 amide bonds. The average molecular weight is 294 g/mol. The van der Waals surface area contributed by atoms with Crippen LogP contribution in [-0.4, -0.2) is 22.1 Å². The van der Waals surface area contributed by atoms with E-state index >= 15 is 0 Å². The van der Waals surface area contributed by atoms with E-state index in [2.05, 4.69) is 15.0 Å². The van der Waals surface area contributed by atoms with Crippen LogP contribution in [0.4, 0.5) is 0 Å². The maximum atomic E-state index is 12.0. The van der Waals surface area contributed by atoms with Crippen molar-refractivity contribution in [2.24, 2.45) is 0 Å². The summed E-state index contributed by atoms with van der Waals surface area (Å²) in [4.78, 5) is 23.8. The van der Waals surface area contributed by atoms with Crippen LogP contribution in [0, 0.1) is 0 Å². The zero-order chi connectivity index (χ0) is 14.5. The molecule has 2 heterocycles. The van der Waals surface area contributed by atoms with Crippen molar-refractivity contribution in [2.75, 3.05) is 0 Å². The molecule has 0 aliphatic carbocycles. The average Bonchev–Trinajstić information content (AvgIpc) is 3.09. The zero-order valence-corrected chi connectivity index (χ0v) is 11.6. The predicted molar refractivity (Wildman–Crippen MR) is 72.9 cm³/mol. The van der Waals surface area contributed by atoms with Crippen LogP contribution in [0.5, 0.6) is 0 Å². The molecule has 20 heavy (non-hydrogen) atoms. The lowest BCUT2D eigenvalue weighted by Gasteiger charge is -2.15. The van der Waals surface area contributed by atoms with Crippen LogP contribution in [0.15, 0.2) is 28.1 Å². The van der Waals surface area contributed by atoms with Gasteiger partial charge < -0.3 is 14.9 Å². The normalized spacial score (nSPS) is 12.1. The van der Waals surface area contributed by atoms with Crippen molar-refractivity contribution in [1.29, 1.82) is 0 Å². The van der Waals surface area contributed by atoms with Crippen LogP contribution in [-0.2, 0) is 0 Å². The van der Waals surface area contributed by atoms with Gasteiger partial charge in [-0.2, -0.15) is 0 Å². The van der Waals surface area contributed by atoms with Gasteiger partial charge in [-0.25, -0.2) is 4.79 Å². The molecule has 7 heteroatoms. The molecule has 1 unspecified atom stereocenters. The summed E-state index contributed by atoms with van der Waals surface area (Å²) in [5, 5.41) is 17.0. The largest absolute Gasteiger partial charge is 0.475 e. The first-order valence-corrected chi connectivity index (χ1v) is 7.04. The summed E-state index contributed by atoms with van der Waals surface area (Å²) in [7, 11) is 0. The molecule has 0 aliphatic heterocycles. The summed E-state index contributed by atoms with van der Waals surface area (Å²) < 4.78 is 4.57. The minimum absolute atomic E-state index is 0.0277. The third-order valence-corrected chi connectivity index (χ3v) is 3.71. The zero-order valence-electron chi connectivity index (χ0n) is 10.8. The van der Waals surface area contributed by atoms with Crippen molar-refractivity contribution in [3.05, 3.63) is 39.9 Å². The molecule has 2 rings (SSSR count). The summed E-state index contributed by atoms with van der Waals surface area (Å²) in [6.07, 6.45) is 1.72. The van der Waals surface area contributed by atoms with E-state index in [1.807, 2.05) is 24.4 Å². The molecular weight excluding hydrogens is 280 g/mol. The number of carboxylic acid groups (broad SMARTS) is 1. The summed E-state index contributed by atoms with van der Waals surface area (Å²) in [5.41, 5.74) is -0.0277. The Hall–Kier alpha value is -2.15. The van der Waals surface area contributed by atoms with E-state index in [4.69, 9.17) is 5.11 Å². The fraction of sp³-hybridized carbons (Fsp3) is 0.308. The van der Waals surface area contributed by atoms with Crippen LogP contribution in [0.3, 0.4) is 0 Å². The molecule has 2 aromatic rings. The van der Waals surface area contributed by atoms with Crippen molar-refractivity contribution in [3.63, 3.8) is 0 Å². The van der Waals surface area contributed by atoms with E-state index in [-0.39, 0.29) is 17.5 Å². The number of aromatic nitrogens is 1. The smallest absolute Gasteiger partial charge is 0.374 e. The Morgan fingerprint density at radius 2 is 2.35 bits per heavy atom. The molecule has 1 atom stereocenters. The van der Waals surface area contributed by atoms with Gasteiger partial charge in [0.1, 0.15) is 0 Å². The molecular formula is C13H14N2O4S. The number of thiophene rings is 1. The molecule has 2 aromatic heterocycles. The fourth-order valence-corrected chi connectivity index (χ4v) is 2.59. The van der Waals surface area contributed by atoms with Gasteiger partial charge in [-0.15, -0.1) is 11.3 Å². The number of carboxylic acids is 1. The van der Waals surface area contributed by atoms with Crippen molar-refractivity contribution in [1.82, 2.24) is 10.5 Å². The third kappa shape index (κ3) is 3.24. The Kier molecular flexibility index (Phi) is 4.52. The lowest BCUT2D eigenvalue weighted by Crippen LogP contribution is -2.28. The molecule has 0 radical (unpaired) electrons. The molecule has 106 valence electrons. The van der Waals surface area contributed by atoms with E-state index < -0.39 is 11.9 Å². The fourth-order valence-electron chi connectivity index (χ4n) is 1.78. The second kappa shape index (κ2) is 6.33. The van der Waals surface area contributed by atoms with E-state index in [1.54, 1.807) is 11.3 Å². The number of hydrogen-bond donors (Lipinski definition) is 2. The number of hydrogen-bond acceptors (Lipinski definition) is 5. The molecule has 0 saturated heterocycles. The molecule has 0 aliphatic rings. The molecule has 2 N–H and O–H groups in total. The van der Waals surface area contributed by atoms with Crippen molar-refractivity contribution in [2.45, 2.75) is 25.8 Å². The van der Waals surface area contributed by atoms with Crippen LogP contribution in [0.25, 0.3) is 0 Å². The van der Waals surface area contributed by atoms with Gasteiger partial charge >= 0.3 is 5.97 Å². The minimum atomic E-state index is -1.25. The Morgan fingerprint density at radius 1 is 1.55 bits per heavy atom. The van der Waals surface area contributed by atoms with E-state index in [9.17, 15) is 9.59 Å². The van der Waals surface area contributed by atoms with Crippen molar-refractivity contribution >= 4 is 23.2 Å². The topological polar surface area (TPSA) is 92.4 Å². The molecule has 0 fully saturated rings. The van der Waals surface area contributed by atoms with Gasteiger partial charge in [0.05, 0.1) is 6.04 Å². The van der Waals surface area contributed by atoms with Gasteiger partial charge in [-0.1, -0.05) is 24.6 Å². The van der Waals surface area contributed by atoms with Crippen LogP contribution in [0.2, 0.25) is 0 Å². The maximum absolute atomic E-state index is 12.0. The number of amides is 1. The Morgan fingerprint density at radius 3 is 2.90 bits per heavy atom. The third-order valence-electron chi connectivity index (χ3n) is 2.72. The van der Waals surface area contributed by atoms with Gasteiger partial charge in [0.2, 0.25) is 5.76 Å². The van der Waals surface area contributed by atoms with Crippen LogP contribution >= 0.6 is 11.3 Å². The highest BCUT2D eigenvalue weighted by Crippen LogP contribution is 2.23. The summed E-state index contributed by atoms with van der Waals surface area (Å²) in [6.45, 7) is 2.03. The number of nitrogens with zero attached hydrogens (tertiary/aromatic N) is 1. The Balaban J connectivity index is 2.09. The number of rotatable bonds is 6. The monoisotopic (exact) mass is 294 g/mol. The first kappa shape index (κ1) is 14.3. The quantitative estimate of drug-likeness (QED) is 0.854. The number of carbonyl (C=O) groups is 2. The standard InChI is InChI=1S/C13H14N2O4S/c1-2-4-8(11-5-3-6-20-11)14-12(16)9-7-10(13(17)18)19-15-9/h3,5-8H,2,4H2,1H3,(H,14,16)(H,17,18). The van der Waals surface area contributed by atoms with Gasteiger partial charge in [0.15, 0.2) is 5.69 Å². The van der Waals surface area contributed by atoms with Crippen molar-refractivity contribution in [3.8, 4) is 0 Å². The first-order valence-electron chi connectivity index (χ1n) is 6.16. The predicted octanol–water partition coefficient (Wildman–Crippen LogP) is 2.71. The van der Waals surface area contributed by atoms with Crippen LogP contribution < -0.4 is 5.32 Å². The highest BCUT2D eigenvalue weighted by atomic mass is 32.1. The van der Waals surface area contributed by atoms with Crippen molar-refractivity contribution < 1.29 is 19.2 Å². The number of nitrogens with one attached hydrogen (secondary N) is 1. The van der Waals surface area contributed by atoms with E-state index in [0.717, 1.165) is 23.8 Å². The first-order chi connectivity index (χ1) is 9.61. The number of aromatic carboxylic acids is 1. The SMILES string of the molecule is CCCC(NC(=O)c1cc(C(=O)O)on1)c1cccs1. The highest BCUT2D eigenvalue weighted by Gasteiger charge is 2.20. The molecule has 0 aromatic carbocycles. The van der Waals surface area contributed by atoms with E-state index in [0.29, 0.717) is 0 Å². The second-order valence-corrected chi connectivity index (χ2v) is 5.19. The molecule has 0 saturated carbocycles. The van der Waals surface area contributed by atoms with Gasteiger partial charge in [0.25, 0.3) is 5.91 Å². The van der Waals surface area contributed by atoms with E-state index in [1.165, 1.54) is 0 Å². The number of carbonyl (C=O) groups excluding carboxylic acids is 1. The molecule has 0 bridgehead atoms. The molecule has 6 nitrogen and oxygen atoms in total. The lowest BCUT2D eigenvalue weighted by molar-refractivity contribution is 0.0651. The highest BCUT2D eigenvalue weighted by molar-refractivity contribution is 7.10. The second-order valence-electron chi connectivity index (χ2n) is 4.21. The van der Waals surface area contributed by atoms with Crippen LogP contribution in [0.1, 0.15) is 51.7 Å². The van der Waals surface area contributed by atoms with Gasteiger partial charge in [-0.05, 0) is 17.9 Å². The Labute approximate surface area is 119 Å². The summed E-state index contributed by atoms with van der Waals surface area (Å²) >= 11 is 1.57. The summed E-state index contributed by atoms with van der Waals surface area (Å²) in [6, 6.07) is 4.90. The molecule has 0 spiro atoms. The Bertz CT molecular complexity index is 591. The minimum Gasteiger partial charge on any atom is -0.475 e.